The molecule has 12 nitrogen and oxygen atoms in total. The van der Waals surface area contributed by atoms with Gasteiger partial charge in [-0.25, -0.2) is 9.59 Å². The monoisotopic (exact) mass is 651 g/mol. The summed E-state index contributed by atoms with van der Waals surface area (Å²) in [5.74, 6) is -5.08. The molecule has 0 spiro atoms. The van der Waals surface area contributed by atoms with Gasteiger partial charge in [-0.15, -0.1) is 0 Å². The van der Waals surface area contributed by atoms with E-state index in [0.29, 0.717) is 36.0 Å². The molecule has 1 amide bonds. The van der Waals surface area contributed by atoms with E-state index in [-0.39, 0.29) is 62.5 Å². The lowest BCUT2D eigenvalue weighted by atomic mass is 9.87. The highest BCUT2D eigenvalue weighted by Gasteiger charge is 2.42. The zero-order valence-corrected chi connectivity index (χ0v) is 26.6. The number of carbonyl (C=O) groups excluding carboxylic acids is 5. The molecule has 1 fully saturated rings. The van der Waals surface area contributed by atoms with Crippen molar-refractivity contribution in [2.75, 3.05) is 13.2 Å². The van der Waals surface area contributed by atoms with Gasteiger partial charge < -0.3 is 29.7 Å². The summed E-state index contributed by atoms with van der Waals surface area (Å²) in [5, 5.41) is 28.6. The number of carboxylic acids is 1. The Kier molecular flexibility index (Phi) is 12.8. The Morgan fingerprint density at radius 2 is 1.74 bits per heavy atom. The van der Waals surface area contributed by atoms with Gasteiger partial charge in [-0.2, -0.15) is 0 Å². The Morgan fingerprint density at radius 3 is 2.43 bits per heavy atom. The normalized spacial score (nSPS) is 15.3. The molecule has 0 radical (unpaired) electrons. The molecule has 47 heavy (non-hydrogen) atoms. The van der Waals surface area contributed by atoms with Gasteiger partial charge in [0.2, 0.25) is 5.78 Å². The van der Waals surface area contributed by atoms with Gasteiger partial charge in [-0.3, -0.25) is 19.2 Å². The lowest BCUT2D eigenvalue weighted by Gasteiger charge is -2.36. The number of nitrogens with zero attached hydrogens (tertiary/aromatic N) is 1. The molecule has 1 aliphatic rings. The lowest BCUT2D eigenvalue weighted by molar-refractivity contribution is -0.165. The van der Waals surface area contributed by atoms with Crippen LogP contribution in [0.15, 0.2) is 55.1 Å². The second kappa shape index (κ2) is 16.5. The summed E-state index contributed by atoms with van der Waals surface area (Å²) in [6, 6.07) is 10.1. The summed E-state index contributed by atoms with van der Waals surface area (Å²) >= 11 is 0. The molecular weight excluding hydrogens is 610 g/mol. The van der Waals surface area contributed by atoms with Crippen molar-refractivity contribution in [3.05, 3.63) is 71.8 Å². The van der Waals surface area contributed by atoms with Crippen molar-refractivity contribution in [3.8, 4) is 11.5 Å². The van der Waals surface area contributed by atoms with Crippen molar-refractivity contribution in [2.45, 2.75) is 77.4 Å². The highest BCUT2D eigenvalue weighted by molar-refractivity contribution is 6.38. The van der Waals surface area contributed by atoms with E-state index in [1.807, 2.05) is 0 Å². The third kappa shape index (κ3) is 10.5. The van der Waals surface area contributed by atoms with Crippen LogP contribution in [0.1, 0.15) is 75.2 Å². The zero-order chi connectivity index (χ0) is 34.7. The summed E-state index contributed by atoms with van der Waals surface area (Å²) < 4.78 is 11.0. The van der Waals surface area contributed by atoms with Gasteiger partial charge in [0, 0.05) is 25.5 Å². The SMILES string of the molecule is C=CC(=O)OCC(C)(C)C(=O)C(=O)N1CCCC[C@H]1C(=O)O[C@H](CCc1ccc(O)c(O)c1)c1cccc(CC(=O)CCC(=O)O)c1. The van der Waals surface area contributed by atoms with E-state index in [2.05, 4.69) is 6.58 Å². The number of esters is 2. The van der Waals surface area contributed by atoms with Crippen LogP contribution in [0.3, 0.4) is 0 Å². The van der Waals surface area contributed by atoms with E-state index >= 15 is 0 Å². The molecule has 0 aromatic heterocycles. The minimum Gasteiger partial charge on any atom is -0.504 e. The van der Waals surface area contributed by atoms with E-state index in [9.17, 15) is 39.0 Å². The molecular formula is C35H41NO11. The number of rotatable bonds is 16. The molecule has 0 aliphatic carbocycles. The van der Waals surface area contributed by atoms with Gasteiger partial charge in [0.05, 0.1) is 11.8 Å². The third-order valence-electron chi connectivity index (χ3n) is 7.92. The minimum absolute atomic E-state index is 0.0153. The summed E-state index contributed by atoms with van der Waals surface area (Å²) in [6.45, 7) is 6.05. The number of Topliss-reactive ketones (excluding diaryl/α,β-unsaturated/α-hetero) is 2. The minimum atomic E-state index is -1.36. The molecule has 3 rings (SSSR count). The van der Waals surface area contributed by atoms with Gasteiger partial charge in [-0.05, 0) is 74.8 Å². The predicted octanol–water partition coefficient (Wildman–Crippen LogP) is 4.00. The van der Waals surface area contributed by atoms with Gasteiger partial charge in [-0.1, -0.05) is 36.9 Å². The van der Waals surface area contributed by atoms with Crippen LogP contribution in [0.5, 0.6) is 11.5 Å². The molecule has 2 aromatic rings. The Bertz CT molecular complexity index is 1510. The number of hydrogen-bond acceptors (Lipinski definition) is 10. The first-order valence-corrected chi connectivity index (χ1v) is 15.4. The molecule has 1 heterocycles. The summed E-state index contributed by atoms with van der Waals surface area (Å²) in [6.07, 6.45) is 1.66. The third-order valence-corrected chi connectivity index (χ3v) is 7.92. The number of aliphatic carboxylic acids is 1. The second-order valence-electron chi connectivity index (χ2n) is 12.2. The highest BCUT2D eigenvalue weighted by atomic mass is 16.5. The molecule has 2 aromatic carbocycles. The number of aromatic hydroxyl groups is 2. The van der Waals surface area contributed by atoms with Gasteiger partial charge >= 0.3 is 17.9 Å². The molecule has 1 aliphatic heterocycles. The van der Waals surface area contributed by atoms with Crippen LogP contribution < -0.4 is 0 Å². The van der Waals surface area contributed by atoms with Crippen molar-refractivity contribution in [2.24, 2.45) is 5.41 Å². The van der Waals surface area contributed by atoms with Crippen LogP contribution >= 0.6 is 0 Å². The quantitative estimate of drug-likeness (QED) is 0.103. The van der Waals surface area contributed by atoms with Gasteiger partial charge in [0.15, 0.2) is 11.5 Å². The van der Waals surface area contributed by atoms with Crippen LogP contribution in [-0.2, 0) is 51.1 Å². The average Bonchev–Trinajstić information content (AvgIpc) is 3.05. The van der Waals surface area contributed by atoms with E-state index < -0.39 is 47.2 Å². The maximum atomic E-state index is 13.8. The van der Waals surface area contributed by atoms with E-state index in [1.54, 1.807) is 30.3 Å². The standard InChI is InChI=1S/C35H41NO11/c1-4-31(42)46-21-35(2,3)32(43)33(44)36-17-6-5-10-26(36)34(45)47-29(15-12-22-11-14-27(38)28(39)20-22)24-9-7-8-23(18-24)19-25(37)13-16-30(40)41/h4,7-9,11,14,18,20,26,29,38-39H,1,5-6,10,12-13,15-17,19,21H2,2-3H3,(H,40,41)/t26-,29+/m0/s1. The number of phenolic OH excluding ortho intramolecular Hbond substituents is 2. The zero-order valence-electron chi connectivity index (χ0n) is 26.6. The van der Waals surface area contributed by atoms with Crippen LogP contribution in [0.25, 0.3) is 0 Å². The second-order valence-corrected chi connectivity index (χ2v) is 12.2. The largest absolute Gasteiger partial charge is 0.504 e. The van der Waals surface area contributed by atoms with Gasteiger partial charge in [0.1, 0.15) is 24.5 Å². The summed E-state index contributed by atoms with van der Waals surface area (Å²) in [7, 11) is 0. The van der Waals surface area contributed by atoms with E-state index in [1.165, 1.54) is 30.9 Å². The molecule has 3 N–H and O–H groups in total. The van der Waals surface area contributed by atoms with Crippen molar-refractivity contribution in [1.82, 2.24) is 4.90 Å². The van der Waals surface area contributed by atoms with Crippen molar-refractivity contribution in [3.63, 3.8) is 0 Å². The van der Waals surface area contributed by atoms with Crippen LogP contribution in [0.4, 0.5) is 0 Å². The van der Waals surface area contributed by atoms with E-state index in [0.717, 1.165) is 6.08 Å². The maximum absolute atomic E-state index is 13.8. The number of phenols is 2. The molecule has 2 atom stereocenters. The lowest BCUT2D eigenvalue weighted by Crippen LogP contribution is -2.53. The molecule has 12 heteroatoms. The summed E-state index contributed by atoms with van der Waals surface area (Å²) in [5.41, 5.74) is 0.448. The number of likely N-dealkylation sites (tertiary alicyclic amines) is 1. The summed E-state index contributed by atoms with van der Waals surface area (Å²) in [4.78, 5) is 76.4. The first-order valence-electron chi connectivity index (χ1n) is 15.4. The van der Waals surface area contributed by atoms with Crippen molar-refractivity contribution in [1.29, 1.82) is 0 Å². The number of ether oxygens (including phenoxy) is 2. The molecule has 1 saturated heterocycles. The fourth-order valence-electron chi connectivity index (χ4n) is 5.22. The Morgan fingerprint density at radius 1 is 1.00 bits per heavy atom. The maximum Gasteiger partial charge on any atom is 0.330 e. The smallest absolute Gasteiger partial charge is 0.330 e. The Hall–Kier alpha value is -5.00. The molecule has 252 valence electrons. The number of hydrogen-bond donors (Lipinski definition) is 3. The van der Waals surface area contributed by atoms with Crippen LogP contribution in [0.2, 0.25) is 0 Å². The topological polar surface area (TPSA) is 185 Å². The first kappa shape index (κ1) is 36.5. The number of amides is 1. The van der Waals surface area contributed by atoms with Crippen LogP contribution in [-0.4, -0.2) is 74.8 Å². The van der Waals surface area contributed by atoms with Crippen molar-refractivity contribution < 1.29 is 53.6 Å². The van der Waals surface area contributed by atoms with Crippen LogP contribution in [0, 0.1) is 5.41 Å². The first-order chi connectivity index (χ1) is 22.2. The Balaban J connectivity index is 1.84. The molecule has 0 bridgehead atoms. The fourth-order valence-corrected chi connectivity index (χ4v) is 5.22. The number of aryl methyl sites for hydroxylation is 1. The van der Waals surface area contributed by atoms with Crippen molar-refractivity contribution >= 4 is 35.4 Å². The number of piperidine rings is 1. The number of benzene rings is 2. The molecule has 0 unspecified atom stereocenters. The fraction of sp³-hybridized carbons (Fsp3) is 0.429. The predicted molar refractivity (Wildman–Crippen MR) is 168 cm³/mol. The number of ketones is 2. The highest BCUT2D eigenvalue weighted by Crippen LogP contribution is 2.31. The Labute approximate surface area is 273 Å². The van der Waals surface area contributed by atoms with Gasteiger partial charge in [0.25, 0.3) is 5.91 Å². The number of carboxylic acid groups (broad SMARTS) is 1. The average molecular weight is 652 g/mol. The number of carbonyl (C=O) groups is 6. The molecule has 0 saturated carbocycles. The van der Waals surface area contributed by atoms with E-state index in [4.69, 9.17) is 14.6 Å².